The van der Waals surface area contributed by atoms with Crippen LogP contribution in [0.3, 0.4) is 0 Å². The first-order valence-corrected chi connectivity index (χ1v) is 9.98. The summed E-state index contributed by atoms with van der Waals surface area (Å²) in [6.45, 7) is 3.30. The molecule has 0 bridgehead atoms. The molecule has 10 nitrogen and oxygen atoms in total. The van der Waals surface area contributed by atoms with Gasteiger partial charge in [0, 0.05) is 24.0 Å². The highest BCUT2D eigenvalue weighted by atomic mass is 19.1. The Labute approximate surface area is 178 Å². The lowest BCUT2D eigenvalue weighted by Crippen LogP contribution is -2.40. The monoisotopic (exact) mass is 434 g/mol. The first-order chi connectivity index (χ1) is 15.0. The van der Waals surface area contributed by atoms with E-state index in [1.807, 2.05) is 17.0 Å². The molecule has 2 amide bonds. The Morgan fingerprint density at radius 1 is 1.26 bits per heavy atom. The van der Waals surface area contributed by atoms with Gasteiger partial charge in [0.15, 0.2) is 5.82 Å². The van der Waals surface area contributed by atoms with Gasteiger partial charge in [-0.3, -0.25) is 9.80 Å². The van der Waals surface area contributed by atoms with Crippen LogP contribution in [-0.2, 0) is 14.2 Å². The number of ether oxygens (including phenoxy) is 3. The minimum atomic E-state index is -1.31. The van der Waals surface area contributed by atoms with Crippen molar-refractivity contribution in [2.75, 3.05) is 54.1 Å². The predicted molar refractivity (Wildman–Crippen MR) is 108 cm³/mol. The van der Waals surface area contributed by atoms with Crippen molar-refractivity contribution < 1.29 is 32.7 Å². The van der Waals surface area contributed by atoms with Gasteiger partial charge in [-0.15, -0.1) is 0 Å². The fraction of sp³-hybridized carbons (Fsp3) is 0.450. The maximum atomic E-state index is 13.5. The normalized spacial score (nSPS) is 21.2. The first-order valence-electron chi connectivity index (χ1n) is 9.98. The molecule has 11 heteroatoms. The third-order valence-electron chi connectivity index (χ3n) is 5.00. The largest absolute Gasteiger partial charge is 0.449 e. The molecule has 31 heavy (non-hydrogen) atoms. The molecule has 1 aromatic heterocycles. The number of hydrogen-bond acceptors (Lipinski definition) is 8. The zero-order valence-corrected chi connectivity index (χ0v) is 17.0. The van der Waals surface area contributed by atoms with Crippen molar-refractivity contribution in [3.63, 3.8) is 0 Å². The Morgan fingerprint density at radius 3 is 2.71 bits per heavy atom. The van der Waals surface area contributed by atoms with Crippen LogP contribution in [0.15, 0.2) is 41.1 Å². The van der Waals surface area contributed by atoms with Gasteiger partial charge >= 0.3 is 12.2 Å². The average Bonchev–Trinajstić information content (AvgIpc) is 3.42. The molecule has 0 N–H and O–H groups in total. The van der Waals surface area contributed by atoms with E-state index >= 15 is 0 Å². The van der Waals surface area contributed by atoms with Crippen molar-refractivity contribution in [2.24, 2.45) is 0 Å². The van der Waals surface area contributed by atoms with Crippen molar-refractivity contribution in [3.8, 4) is 0 Å². The number of halogens is 1. The van der Waals surface area contributed by atoms with E-state index in [9.17, 15) is 14.0 Å². The molecule has 0 saturated carbocycles. The van der Waals surface area contributed by atoms with E-state index < -0.39 is 24.6 Å². The number of alkyl halides is 1. The van der Waals surface area contributed by atoms with Gasteiger partial charge in [-0.2, -0.15) is 0 Å². The lowest BCUT2D eigenvalue weighted by atomic mass is 10.2. The van der Waals surface area contributed by atoms with Crippen LogP contribution in [0.2, 0.25) is 0 Å². The second-order valence-electron chi connectivity index (χ2n) is 7.03. The summed E-state index contributed by atoms with van der Waals surface area (Å²) in [6.07, 6.45) is -1.67. The maximum absolute atomic E-state index is 13.5. The van der Waals surface area contributed by atoms with E-state index in [0.29, 0.717) is 18.8 Å². The van der Waals surface area contributed by atoms with Crippen molar-refractivity contribution in [1.82, 2.24) is 5.16 Å². The van der Waals surface area contributed by atoms with Crippen LogP contribution in [0.1, 0.15) is 6.92 Å². The molecule has 166 valence electrons. The van der Waals surface area contributed by atoms with E-state index in [-0.39, 0.29) is 32.1 Å². The second kappa shape index (κ2) is 9.21. The SMILES string of the molecule is CCOC(=O)N(C[C@H]1CN(c2ccc(N3CCOC(F)C3)cc2)C(=O)O1)c1ccon1. The molecule has 1 unspecified atom stereocenters. The number of anilines is 3. The standard InChI is InChI=1S/C20H23FN4O6/c1-2-28-19(26)25(18-7-9-30-22-18)12-16-11-24(20(27)31-16)15-5-3-14(4-6-15)23-8-10-29-17(21)13-23/h3-7,9,16-17H,2,8,10-13H2,1H3/t16-,17?/m1/s1. The van der Waals surface area contributed by atoms with Gasteiger partial charge in [-0.25, -0.2) is 14.0 Å². The zero-order chi connectivity index (χ0) is 21.8. The predicted octanol–water partition coefficient (Wildman–Crippen LogP) is 2.80. The number of morpholine rings is 1. The highest BCUT2D eigenvalue weighted by molar-refractivity contribution is 5.91. The van der Waals surface area contributed by atoms with Crippen LogP contribution in [0, 0.1) is 0 Å². The molecular weight excluding hydrogens is 411 g/mol. The number of carbonyl (C=O) groups excluding carboxylic acids is 2. The summed E-state index contributed by atoms with van der Waals surface area (Å²) in [5.74, 6) is 0.272. The smallest absolute Gasteiger partial charge is 0.415 e. The summed E-state index contributed by atoms with van der Waals surface area (Å²) < 4.78 is 33.7. The molecule has 4 rings (SSSR count). The van der Waals surface area contributed by atoms with Crippen LogP contribution in [-0.4, -0.2) is 69.2 Å². The number of amides is 2. The summed E-state index contributed by atoms with van der Waals surface area (Å²) >= 11 is 0. The summed E-state index contributed by atoms with van der Waals surface area (Å²) in [7, 11) is 0. The van der Waals surface area contributed by atoms with Gasteiger partial charge in [-0.1, -0.05) is 5.16 Å². The number of aromatic nitrogens is 1. The van der Waals surface area contributed by atoms with Crippen molar-refractivity contribution >= 4 is 29.4 Å². The quantitative estimate of drug-likeness (QED) is 0.685. The fourth-order valence-corrected chi connectivity index (χ4v) is 3.53. The van der Waals surface area contributed by atoms with E-state index in [4.69, 9.17) is 18.7 Å². The van der Waals surface area contributed by atoms with E-state index in [1.165, 1.54) is 22.1 Å². The third kappa shape index (κ3) is 4.71. The molecule has 2 fully saturated rings. The van der Waals surface area contributed by atoms with E-state index in [1.54, 1.807) is 19.1 Å². The van der Waals surface area contributed by atoms with Crippen LogP contribution in [0.25, 0.3) is 0 Å². The van der Waals surface area contributed by atoms with Crippen LogP contribution >= 0.6 is 0 Å². The average molecular weight is 434 g/mol. The lowest BCUT2D eigenvalue weighted by molar-refractivity contribution is -0.0465. The van der Waals surface area contributed by atoms with Crippen molar-refractivity contribution in [3.05, 3.63) is 36.6 Å². The van der Waals surface area contributed by atoms with Gasteiger partial charge in [0.05, 0.1) is 32.8 Å². The molecule has 1 aromatic carbocycles. The van der Waals surface area contributed by atoms with E-state index in [0.717, 1.165) is 5.69 Å². The summed E-state index contributed by atoms with van der Waals surface area (Å²) in [4.78, 5) is 29.4. The Morgan fingerprint density at radius 2 is 2.03 bits per heavy atom. The van der Waals surface area contributed by atoms with Gasteiger partial charge in [0.2, 0.25) is 6.36 Å². The Balaban J connectivity index is 1.42. The Bertz CT molecular complexity index is 894. The highest BCUT2D eigenvalue weighted by Crippen LogP contribution is 2.27. The molecule has 2 aliphatic rings. The molecular formula is C20H23FN4O6. The minimum absolute atomic E-state index is 0.0668. The van der Waals surface area contributed by atoms with Gasteiger partial charge < -0.3 is 23.6 Å². The number of cyclic esters (lactones) is 1. The van der Waals surface area contributed by atoms with Crippen molar-refractivity contribution in [1.29, 1.82) is 0 Å². The molecule has 2 atom stereocenters. The second-order valence-corrected chi connectivity index (χ2v) is 7.03. The molecule has 2 saturated heterocycles. The molecule has 0 radical (unpaired) electrons. The van der Waals surface area contributed by atoms with Gasteiger partial charge in [0.25, 0.3) is 0 Å². The minimum Gasteiger partial charge on any atom is -0.449 e. The molecule has 2 aliphatic heterocycles. The number of hydrogen-bond donors (Lipinski definition) is 0. The van der Waals surface area contributed by atoms with Gasteiger partial charge in [0.1, 0.15) is 12.4 Å². The molecule has 3 heterocycles. The van der Waals surface area contributed by atoms with Crippen LogP contribution < -0.4 is 14.7 Å². The van der Waals surface area contributed by atoms with Crippen LogP contribution in [0.4, 0.5) is 31.2 Å². The maximum Gasteiger partial charge on any atom is 0.415 e. The van der Waals surface area contributed by atoms with Crippen molar-refractivity contribution in [2.45, 2.75) is 19.4 Å². The molecule has 0 aliphatic carbocycles. The molecule has 2 aromatic rings. The van der Waals surface area contributed by atoms with Crippen LogP contribution in [0.5, 0.6) is 0 Å². The summed E-state index contributed by atoms with van der Waals surface area (Å²) in [5.41, 5.74) is 1.49. The third-order valence-corrected chi connectivity index (χ3v) is 5.00. The number of nitrogens with zero attached hydrogens (tertiary/aromatic N) is 4. The Hall–Kier alpha value is -3.34. The van der Waals surface area contributed by atoms with Gasteiger partial charge in [-0.05, 0) is 31.2 Å². The lowest BCUT2D eigenvalue weighted by Gasteiger charge is -2.31. The fourth-order valence-electron chi connectivity index (χ4n) is 3.53. The number of carbonyl (C=O) groups is 2. The zero-order valence-electron chi connectivity index (χ0n) is 17.0. The Kier molecular flexibility index (Phi) is 6.21. The number of rotatable bonds is 6. The summed E-state index contributed by atoms with van der Waals surface area (Å²) in [5, 5.41) is 3.77. The molecule has 0 spiro atoms. The number of benzene rings is 1. The first kappa shape index (κ1) is 20.9. The van der Waals surface area contributed by atoms with E-state index in [2.05, 4.69) is 5.16 Å². The summed E-state index contributed by atoms with van der Waals surface area (Å²) in [6, 6.07) is 8.74. The highest BCUT2D eigenvalue weighted by Gasteiger charge is 2.36. The topological polar surface area (TPSA) is 97.6 Å².